The number of nitrogens with zero attached hydrogens (tertiary/aromatic N) is 2. The molecule has 27 heavy (non-hydrogen) atoms. The van der Waals surface area contributed by atoms with Gasteiger partial charge in [0, 0.05) is 29.4 Å². The molecule has 0 saturated heterocycles. The van der Waals surface area contributed by atoms with E-state index in [1.807, 2.05) is 12.1 Å². The van der Waals surface area contributed by atoms with Gasteiger partial charge in [0.2, 0.25) is 0 Å². The van der Waals surface area contributed by atoms with Crippen LogP contribution in [0.4, 0.5) is 5.69 Å². The number of carbonyl (C=O) groups excluding carboxylic acids is 1. The number of hydrogen-bond donors (Lipinski definition) is 1. The molecule has 4 rings (SSSR count). The van der Waals surface area contributed by atoms with Crippen LogP contribution in [0.1, 0.15) is 27.0 Å². The van der Waals surface area contributed by atoms with Crippen LogP contribution in [0.3, 0.4) is 0 Å². The van der Waals surface area contributed by atoms with Crippen LogP contribution in [-0.4, -0.2) is 12.1 Å². The van der Waals surface area contributed by atoms with E-state index in [1.54, 1.807) is 30.5 Å². The molecule has 0 bridgehead atoms. The van der Waals surface area contributed by atoms with Crippen molar-refractivity contribution in [3.63, 3.8) is 0 Å². The number of hydrogen-bond acceptors (Lipinski definition) is 3. The van der Waals surface area contributed by atoms with Gasteiger partial charge in [0.05, 0.1) is 6.21 Å². The Balaban J connectivity index is 1.37. The molecule has 0 spiro atoms. The molecule has 1 aliphatic rings. The number of hydrazone groups is 1. The van der Waals surface area contributed by atoms with Gasteiger partial charge in [-0.2, -0.15) is 5.10 Å². The number of benzene rings is 3. The lowest BCUT2D eigenvalue weighted by molar-refractivity contribution is 0.0955. The predicted molar refractivity (Wildman–Crippen MR) is 109 cm³/mol. The third-order valence-corrected chi connectivity index (χ3v) is 4.80. The molecule has 0 aromatic heterocycles. The van der Waals surface area contributed by atoms with Crippen LogP contribution in [0.2, 0.25) is 5.02 Å². The Bertz CT molecular complexity index is 973. The molecule has 1 heterocycles. The highest BCUT2D eigenvalue weighted by Gasteiger charge is 2.18. The highest BCUT2D eigenvalue weighted by molar-refractivity contribution is 6.30. The van der Waals surface area contributed by atoms with Crippen LogP contribution in [0, 0.1) is 0 Å². The molecule has 4 nitrogen and oxygen atoms in total. The maximum atomic E-state index is 12.0. The fraction of sp³-hybridized carbons (Fsp3) is 0.0909. The minimum atomic E-state index is -0.291. The summed E-state index contributed by atoms with van der Waals surface area (Å²) in [5, 5.41) is 4.55. The molecule has 1 aliphatic heterocycles. The molecule has 0 atom stereocenters. The van der Waals surface area contributed by atoms with Crippen molar-refractivity contribution < 1.29 is 4.79 Å². The second-order valence-corrected chi connectivity index (χ2v) is 6.86. The van der Waals surface area contributed by atoms with Gasteiger partial charge in [0.15, 0.2) is 0 Å². The van der Waals surface area contributed by atoms with Crippen LogP contribution < -0.4 is 10.3 Å². The lowest BCUT2D eigenvalue weighted by atomic mass is 10.1. The summed E-state index contributed by atoms with van der Waals surface area (Å²) >= 11 is 5.89. The molecule has 0 unspecified atom stereocenters. The summed E-state index contributed by atoms with van der Waals surface area (Å²) < 4.78 is 0. The zero-order chi connectivity index (χ0) is 18.6. The average molecular weight is 376 g/mol. The van der Waals surface area contributed by atoms with Gasteiger partial charge in [-0.05, 0) is 47.0 Å². The molecule has 3 aromatic carbocycles. The summed E-state index contributed by atoms with van der Waals surface area (Å²) in [6.07, 6.45) is 1.63. The first-order valence-electron chi connectivity index (χ1n) is 8.70. The van der Waals surface area contributed by atoms with E-state index in [0.29, 0.717) is 10.6 Å². The molecule has 0 radical (unpaired) electrons. The standard InChI is InChI=1S/C22H18ClN3O/c23-20-7-3-6-17(12-20)22(27)25-24-13-16-8-10-21(11-9-16)26-14-18-4-1-2-5-19(18)15-26/h1-13H,14-15H2,(H,25,27). The van der Waals surface area contributed by atoms with Crippen molar-refractivity contribution in [3.8, 4) is 0 Å². The smallest absolute Gasteiger partial charge is 0.271 e. The molecule has 0 aliphatic carbocycles. The quantitative estimate of drug-likeness (QED) is 0.534. The summed E-state index contributed by atoms with van der Waals surface area (Å²) in [7, 11) is 0. The van der Waals surface area contributed by atoms with Crippen molar-refractivity contribution in [2.75, 3.05) is 4.90 Å². The van der Waals surface area contributed by atoms with Crippen LogP contribution in [-0.2, 0) is 13.1 Å². The van der Waals surface area contributed by atoms with E-state index in [1.165, 1.54) is 16.8 Å². The topological polar surface area (TPSA) is 44.7 Å². The van der Waals surface area contributed by atoms with E-state index in [4.69, 9.17) is 11.6 Å². The summed E-state index contributed by atoms with van der Waals surface area (Å²) in [6, 6.07) is 23.4. The van der Waals surface area contributed by atoms with Gasteiger partial charge < -0.3 is 4.90 Å². The maximum absolute atomic E-state index is 12.0. The molecule has 1 amide bonds. The zero-order valence-electron chi connectivity index (χ0n) is 14.6. The second kappa shape index (κ2) is 7.64. The molecule has 1 N–H and O–H groups in total. The number of carbonyl (C=O) groups is 1. The van der Waals surface area contributed by atoms with Crippen LogP contribution in [0.5, 0.6) is 0 Å². The van der Waals surface area contributed by atoms with Gasteiger partial charge >= 0.3 is 0 Å². The van der Waals surface area contributed by atoms with Crippen molar-refractivity contribution in [2.24, 2.45) is 5.10 Å². The SMILES string of the molecule is O=C(NN=Cc1ccc(N2Cc3ccccc3C2)cc1)c1cccc(Cl)c1. The molecule has 134 valence electrons. The van der Waals surface area contributed by atoms with Crippen LogP contribution in [0.25, 0.3) is 0 Å². The van der Waals surface area contributed by atoms with Gasteiger partial charge in [-0.1, -0.05) is 54.1 Å². The first-order valence-corrected chi connectivity index (χ1v) is 9.07. The second-order valence-electron chi connectivity index (χ2n) is 6.43. The fourth-order valence-corrected chi connectivity index (χ4v) is 3.34. The fourth-order valence-electron chi connectivity index (χ4n) is 3.15. The highest BCUT2D eigenvalue weighted by Crippen LogP contribution is 2.27. The summed E-state index contributed by atoms with van der Waals surface area (Å²) in [5.41, 5.74) is 7.85. The van der Waals surface area contributed by atoms with E-state index < -0.39 is 0 Å². The highest BCUT2D eigenvalue weighted by atomic mass is 35.5. The third-order valence-electron chi connectivity index (χ3n) is 4.57. The van der Waals surface area contributed by atoms with Crippen molar-refractivity contribution in [2.45, 2.75) is 13.1 Å². The number of nitrogens with one attached hydrogen (secondary N) is 1. The average Bonchev–Trinajstić information content (AvgIpc) is 3.12. The van der Waals surface area contributed by atoms with Crippen molar-refractivity contribution in [1.82, 2.24) is 5.43 Å². The van der Waals surface area contributed by atoms with Crippen molar-refractivity contribution in [3.05, 3.63) is 100 Å². The summed E-state index contributed by atoms with van der Waals surface area (Å²) in [4.78, 5) is 14.4. The molecule has 0 saturated carbocycles. The minimum Gasteiger partial charge on any atom is -0.363 e. The van der Waals surface area contributed by atoms with Gasteiger partial charge in [0.25, 0.3) is 5.91 Å². The zero-order valence-corrected chi connectivity index (χ0v) is 15.4. The first kappa shape index (κ1) is 17.3. The first-order chi connectivity index (χ1) is 13.2. The van der Waals surface area contributed by atoms with E-state index in [0.717, 1.165) is 18.7 Å². The summed E-state index contributed by atoms with van der Waals surface area (Å²) in [5.74, 6) is -0.291. The van der Waals surface area contributed by atoms with E-state index in [-0.39, 0.29) is 5.91 Å². The molecular formula is C22H18ClN3O. The lowest BCUT2D eigenvalue weighted by Crippen LogP contribution is -2.17. The van der Waals surface area contributed by atoms with E-state index in [9.17, 15) is 4.79 Å². The number of fused-ring (bicyclic) bond motifs is 1. The van der Waals surface area contributed by atoms with Gasteiger partial charge in [-0.25, -0.2) is 5.43 Å². The van der Waals surface area contributed by atoms with E-state index in [2.05, 4.69) is 51.8 Å². The number of rotatable bonds is 4. The monoisotopic (exact) mass is 375 g/mol. The van der Waals surface area contributed by atoms with Crippen LogP contribution in [0.15, 0.2) is 77.9 Å². The predicted octanol–water partition coefficient (Wildman–Crippen LogP) is 4.62. The Morgan fingerprint density at radius 3 is 2.33 bits per heavy atom. The van der Waals surface area contributed by atoms with Gasteiger partial charge in [-0.3, -0.25) is 4.79 Å². The Hall–Kier alpha value is -3.11. The maximum Gasteiger partial charge on any atom is 0.271 e. The Morgan fingerprint density at radius 2 is 1.67 bits per heavy atom. The van der Waals surface area contributed by atoms with Crippen molar-refractivity contribution in [1.29, 1.82) is 0 Å². The Kier molecular flexibility index (Phi) is 4.90. The van der Waals surface area contributed by atoms with E-state index >= 15 is 0 Å². The number of amides is 1. The molecule has 3 aromatic rings. The molecular weight excluding hydrogens is 358 g/mol. The Morgan fingerprint density at radius 1 is 0.963 bits per heavy atom. The van der Waals surface area contributed by atoms with Crippen LogP contribution >= 0.6 is 11.6 Å². The Labute approximate surface area is 163 Å². The lowest BCUT2D eigenvalue weighted by Gasteiger charge is -2.17. The molecule has 0 fully saturated rings. The van der Waals surface area contributed by atoms with Crippen molar-refractivity contribution >= 4 is 29.4 Å². The van der Waals surface area contributed by atoms with Gasteiger partial charge in [-0.15, -0.1) is 0 Å². The molecule has 5 heteroatoms. The largest absolute Gasteiger partial charge is 0.363 e. The number of halogens is 1. The third kappa shape index (κ3) is 4.01. The normalized spacial score (nSPS) is 13.0. The number of anilines is 1. The minimum absolute atomic E-state index is 0.291. The van der Waals surface area contributed by atoms with Gasteiger partial charge in [0.1, 0.15) is 0 Å². The summed E-state index contributed by atoms with van der Waals surface area (Å²) in [6.45, 7) is 1.86.